The minimum atomic E-state index is 0.373. The molecule has 0 bridgehead atoms. The molecule has 1 aliphatic rings. The molecule has 4 aromatic rings. The van der Waals surface area contributed by atoms with Crippen LogP contribution in [0.2, 0.25) is 0 Å². The van der Waals surface area contributed by atoms with Crippen molar-refractivity contribution in [2.45, 2.75) is 32.9 Å². The maximum atomic E-state index is 6.36. The normalized spacial score (nSPS) is 15.9. The molecule has 174 valence electrons. The van der Waals surface area contributed by atoms with Crippen LogP contribution < -0.4 is 16.4 Å². The summed E-state index contributed by atoms with van der Waals surface area (Å²) in [6.07, 6.45) is 6.43. The van der Waals surface area contributed by atoms with Crippen LogP contribution in [0.15, 0.2) is 53.9 Å². The van der Waals surface area contributed by atoms with E-state index in [4.69, 9.17) is 10.7 Å². The van der Waals surface area contributed by atoms with E-state index in [0.717, 1.165) is 45.9 Å². The van der Waals surface area contributed by atoms with E-state index in [2.05, 4.69) is 63.8 Å². The molecule has 8 nitrogen and oxygen atoms in total. The van der Waals surface area contributed by atoms with Gasteiger partial charge in [0.15, 0.2) is 0 Å². The molecular weight excluding hydrogens is 444 g/mol. The molecule has 1 aliphatic heterocycles. The average molecular weight is 473 g/mol. The zero-order valence-electron chi connectivity index (χ0n) is 19.5. The molecule has 9 heteroatoms. The molecule has 0 saturated carbocycles. The number of fused-ring (bicyclic) bond motifs is 1. The first kappa shape index (κ1) is 22.2. The lowest BCUT2D eigenvalue weighted by Gasteiger charge is -2.19. The van der Waals surface area contributed by atoms with Gasteiger partial charge in [-0.05, 0) is 55.2 Å². The second-order valence-corrected chi connectivity index (χ2v) is 9.69. The van der Waals surface area contributed by atoms with Crippen LogP contribution in [0.4, 0.5) is 11.6 Å². The van der Waals surface area contributed by atoms with Crippen molar-refractivity contribution in [3.05, 3.63) is 75.4 Å². The molecular formula is C25H28N8S. The van der Waals surface area contributed by atoms with Crippen molar-refractivity contribution in [2.75, 3.05) is 11.9 Å². The number of rotatable bonds is 6. The first-order chi connectivity index (χ1) is 16.5. The number of nitrogens with two attached hydrogens (primary N) is 1. The second-order valence-electron chi connectivity index (χ2n) is 8.55. The van der Waals surface area contributed by atoms with Crippen molar-refractivity contribution in [3.63, 3.8) is 0 Å². The highest BCUT2D eigenvalue weighted by Crippen LogP contribution is 2.31. The van der Waals surface area contributed by atoms with Crippen LogP contribution in [0.25, 0.3) is 11.3 Å². The number of hydrogen-bond acceptors (Lipinski definition) is 7. The molecule has 1 atom stereocenters. The summed E-state index contributed by atoms with van der Waals surface area (Å²) >= 11 is 1.77. The lowest BCUT2D eigenvalue weighted by Crippen LogP contribution is -2.26. The van der Waals surface area contributed by atoms with Gasteiger partial charge < -0.3 is 16.4 Å². The molecule has 0 spiro atoms. The molecule has 3 aromatic heterocycles. The predicted molar refractivity (Wildman–Crippen MR) is 138 cm³/mol. The van der Waals surface area contributed by atoms with E-state index in [0.29, 0.717) is 24.4 Å². The van der Waals surface area contributed by atoms with Crippen LogP contribution in [0.3, 0.4) is 0 Å². The Morgan fingerprint density at radius 1 is 1.32 bits per heavy atom. The van der Waals surface area contributed by atoms with Gasteiger partial charge in [-0.2, -0.15) is 5.10 Å². The van der Waals surface area contributed by atoms with Crippen LogP contribution in [0.1, 0.15) is 39.4 Å². The summed E-state index contributed by atoms with van der Waals surface area (Å²) in [6, 6.07) is 10.8. The molecule has 5 rings (SSSR count). The Morgan fingerprint density at radius 2 is 2.21 bits per heavy atom. The van der Waals surface area contributed by atoms with Crippen molar-refractivity contribution >= 4 is 28.8 Å². The van der Waals surface area contributed by atoms with E-state index < -0.39 is 0 Å². The maximum absolute atomic E-state index is 6.36. The first-order valence-electron chi connectivity index (χ1n) is 11.3. The fraction of sp³-hybridized carbons (Fsp3) is 0.280. The third kappa shape index (κ3) is 4.71. The highest BCUT2D eigenvalue weighted by molar-refractivity contribution is 7.14. The van der Waals surface area contributed by atoms with Crippen molar-refractivity contribution < 1.29 is 0 Å². The van der Waals surface area contributed by atoms with Crippen molar-refractivity contribution in [3.8, 4) is 11.3 Å². The van der Waals surface area contributed by atoms with Crippen molar-refractivity contribution in [1.29, 1.82) is 0 Å². The van der Waals surface area contributed by atoms with Crippen molar-refractivity contribution in [1.82, 2.24) is 25.1 Å². The maximum Gasteiger partial charge on any atom is 0.227 e. The number of aryl methyl sites for hydroxylation is 2. The van der Waals surface area contributed by atoms with E-state index in [-0.39, 0.29) is 0 Å². The second kappa shape index (κ2) is 9.36. The Labute approximate surface area is 203 Å². The number of thiophene rings is 1. The minimum absolute atomic E-state index is 0.373. The van der Waals surface area contributed by atoms with Crippen LogP contribution in [0, 0.1) is 6.92 Å². The predicted octanol–water partition coefficient (Wildman–Crippen LogP) is 4.10. The molecule has 4 N–H and O–H groups in total. The number of aromatic nitrogens is 4. The van der Waals surface area contributed by atoms with Gasteiger partial charge in [-0.3, -0.25) is 9.67 Å². The summed E-state index contributed by atoms with van der Waals surface area (Å²) in [5.41, 5.74) is 12.7. The van der Waals surface area contributed by atoms with Crippen LogP contribution >= 0.6 is 11.3 Å². The molecule has 0 aliphatic carbocycles. The Balaban J connectivity index is 1.31. The van der Waals surface area contributed by atoms with E-state index in [9.17, 15) is 0 Å². The highest BCUT2D eigenvalue weighted by atomic mass is 32.1. The monoisotopic (exact) mass is 472 g/mol. The topological polar surface area (TPSA) is 106 Å². The number of benzene rings is 1. The molecule has 34 heavy (non-hydrogen) atoms. The summed E-state index contributed by atoms with van der Waals surface area (Å²) in [7, 11) is 1.87. The summed E-state index contributed by atoms with van der Waals surface area (Å²) < 4.78 is 1.73. The minimum Gasteiger partial charge on any atom is -0.383 e. The van der Waals surface area contributed by atoms with Gasteiger partial charge in [0.1, 0.15) is 5.84 Å². The SMILES string of the molecule is Cc1cc(-c2ccnc(Nc3cnn(C)c3)n2)ccc1CN=C(N)c1cc2c(s1)CCNC2C. The Hall–Kier alpha value is -3.56. The molecule has 1 unspecified atom stereocenters. The lowest BCUT2D eigenvalue weighted by molar-refractivity contribution is 0.547. The summed E-state index contributed by atoms with van der Waals surface area (Å²) in [6.45, 7) is 5.86. The number of amidine groups is 1. The Bertz CT molecular complexity index is 1350. The molecule has 0 radical (unpaired) electrons. The number of nitrogens with zero attached hydrogens (tertiary/aromatic N) is 5. The molecule has 4 heterocycles. The summed E-state index contributed by atoms with van der Waals surface area (Å²) in [5, 5.41) is 10.9. The number of aliphatic imine (C=N–C) groups is 1. The van der Waals surface area contributed by atoms with Crippen molar-refractivity contribution in [2.24, 2.45) is 17.8 Å². The molecule has 1 aromatic carbocycles. The van der Waals surface area contributed by atoms with E-state index in [1.54, 1.807) is 28.4 Å². The Kier molecular flexibility index (Phi) is 6.12. The largest absolute Gasteiger partial charge is 0.383 e. The van der Waals surface area contributed by atoms with E-state index in [1.165, 1.54) is 10.4 Å². The van der Waals surface area contributed by atoms with Gasteiger partial charge in [-0.1, -0.05) is 12.1 Å². The van der Waals surface area contributed by atoms with E-state index >= 15 is 0 Å². The van der Waals surface area contributed by atoms with Gasteiger partial charge in [0.25, 0.3) is 0 Å². The van der Waals surface area contributed by atoms with Crippen LogP contribution in [-0.4, -0.2) is 32.1 Å². The van der Waals surface area contributed by atoms with Gasteiger partial charge in [0, 0.05) is 42.5 Å². The average Bonchev–Trinajstić information content (AvgIpc) is 3.45. The van der Waals surface area contributed by atoms with Gasteiger partial charge in [-0.25, -0.2) is 9.97 Å². The number of nitrogens with one attached hydrogen (secondary N) is 2. The number of hydrogen-bond donors (Lipinski definition) is 3. The molecule has 0 fully saturated rings. The zero-order valence-corrected chi connectivity index (χ0v) is 20.4. The molecule has 0 saturated heterocycles. The summed E-state index contributed by atoms with van der Waals surface area (Å²) in [4.78, 5) is 16.2. The lowest BCUT2D eigenvalue weighted by atomic mass is 10.0. The fourth-order valence-corrected chi connectivity index (χ4v) is 5.30. The quantitative estimate of drug-likeness (QED) is 0.288. The molecule has 0 amide bonds. The van der Waals surface area contributed by atoms with Gasteiger partial charge in [-0.15, -0.1) is 11.3 Å². The fourth-order valence-electron chi connectivity index (χ4n) is 4.12. The smallest absolute Gasteiger partial charge is 0.227 e. The van der Waals surface area contributed by atoms with Crippen LogP contribution in [0.5, 0.6) is 0 Å². The number of anilines is 2. The van der Waals surface area contributed by atoms with Gasteiger partial charge >= 0.3 is 0 Å². The van der Waals surface area contributed by atoms with Crippen LogP contribution in [-0.2, 0) is 20.0 Å². The third-order valence-corrected chi connectivity index (χ3v) is 7.27. The first-order valence-corrected chi connectivity index (χ1v) is 12.1. The standard InChI is InChI=1S/C25H28N8S/c1-15-10-17(21-6-8-28-25(32-21)31-19-13-30-33(3)14-19)4-5-18(15)12-29-24(26)23-11-20-16(2)27-9-7-22(20)34-23/h4-6,8,10-11,13-14,16,27H,7,9,12H2,1-3H3,(H2,26,29)(H,28,31,32). The van der Waals surface area contributed by atoms with E-state index in [1.807, 2.05) is 19.3 Å². The Morgan fingerprint density at radius 3 is 2.97 bits per heavy atom. The third-order valence-electron chi connectivity index (χ3n) is 6.04. The highest BCUT2D eigenvalue weighted by Gasteiger charge is 2.20. The van der Waals surface area contributed by atoms with Gasteiger partial charge in [0.2, 0.25) is 5.95 Å². The zero-order chi connectivity index (χ0) is 23.7. The summed E-state index contributed by atoms with van der Waals surface area (Å²) in [5.74, 6) is 1.14. The van der Waals surface area contributed by atoms with Gasteiger partial charge in [0.05, 0.1) is 29.0 Å².